The molecule has 2 fully saturated rings. The lowest BCUT2D eigenvalue weighted by Crippen LogP contribution is -2.52. The number of rotatable bonds is 9. The number of nitro benzene ring substituents is 2. The Labute approximate surface area is 276 Å². The molecule has 0 spiro atoms. The van der Waals surface area contributed by atoms with E-state index in [-0.39, 0.29) is 43.5 Å². The van der Waals surface area contributed by atoms with Gasteiger partial charge in [-0.15, -0.1) is 0 Å². The summed E-state index contributed by atoms with van der Waals surface area (Å²) in [6.45, 7) is -0.718. The summed E-state index contributed by atoms with van der Waals surface area (Å²) < 4.78 is 5.28. The Hall–Kier alpha value is -4.83. The van der Waals surface area contributed by atoms with Gasteiger partial charge in [0.25, 0.3) is 29.1 Å². The third-order valence-corrected chi connectivity index (χ3v) is 10.4. The third kappa shape index (κ3) is 6.57. The zero-order chi connectivity index (χ0) is 33.3. The smallest absolute Gasteiger partial charge is 0.343 e. The van der Waals surface area contributed by atoms with Crippen LogP contribution in [0.25, 0.3) is 0 Å². The molecule has 4 atom stereocenters. The number of hydrazine groups is 1. The quantitative estimate of drug-likeness (QED) is 0.0554. The number of hydrogen-bond acceptors (Lipinski definition) is 10. The van der Waals surface area contributed by atoms with E-state index >= 15 is 0 Å². The molecular weight excluding hydrogens is 736 g/mol. The summed E-state index contributed by atoms with van der Waals surface area (Å²) in [6.07, 6.45) is 0.657. The molecule has 5 rings (SSSR count). The minimum Gasteiger partial charge on any atom is -0.423 e. The third-order valence-electron chi connectivity index (χ3n) is 7.68. The van der Waals surface area contributed by atoms with Gasteiger partial charge in [0.2, 0.25) is 0 Å². The summed E-state index contributed by atoms with van der Waals surface area (Å²) in [7, 11) is 0. The number of ketones is 1. The van der Waals surface area contributed by atoms with Gasteiger partial charge in [-0.2, -0.15) is 5.01 Å². The van der Waals surface area contributed by atoms with Crippen LogP contribution in [0, 0.1) is 32.1 Å². The number of halogens is 2. The van der Waals surface area contributed by atoms with Gasteiger partial charge in [-0.3, -0.25) is 39.4 Å². The Balaban J connectivity index is 1.37. The maximum Gasteiger partial charge on any atom is 0.343 e. The number of Topliss-reactive ketones (excluding diaryl/α,β-unsaturated/α-hetero) is 1. The number of fused-ring (bicyclic) bond motifs is 1. The molecule has 236 valence electrons. The highest BCUT2D eigenvalue weighted by atomic mass is 79.9. The number of benzene rings is 3. The molecule has 0 unspecified atom stereocenters. The molecule has 1 saturated heterocycles. The fraction of sp³-hybridized carbons (Fsp3) is 0.233. The number of nitro groups is 2. The second kappa shape index (κ2) is 13.3. The zero-order valence-electron chi connectivity index (χ0n) is 23.5. The molecule has 0 radical (unpaired) electrons. The molecule has 46 heavy (non-hydrogen) atoms. The van der Waals surface area contributed by atoms with Gasteiger partial charge in [-0.05, 0) is 61.4 Å². The van der Waals surface area contributed by atoms with Crippen LogP contribution in [-0.2, 0) is 9.59 Å². The number of amides is 3. The highest BCUT2D eigenvalue weighted by molar-refractivity contribution is 9.12. The number of hydrogen-bond donors (Lipinski definition) is 0. The van der Waals surface area contributed by atoms with Crippen LogP contribution in [-0.4, -0.2) is 65.5 Å². The second-order valence-electron chi connectivity index (χ2n) is 10.5. The predicted molar refractivity (Wildman–Crippen MR) is 166 cm³/mol. The number of imide groups is 1. The molecule has 14 nitrogen and oxygen atoms in total. The zero-order valence-corrected chi connectivity index (χ0v) is 26.7. The molecule has 3 aromatic carbocycles. The van der Waals surface area contributed by atoms with Gasteiger partial charge in [0.1, 0.15) is 12.3 Å². The van der Waals surface area contributed by atoms with Crippen molar-refractivity contribution in [1.82, 2.24) is 10.0 Å². The molecule has 1 aliphatic carbocycles. The number of alkyl halides is 2. The van der Waals surface area contributed by atoms with Crippen LogP contribution >= 0.6 is 31.9 Å². The van der Waals surface area contributed by atoms with Gasteiger partial charge in [0.15, 0.2) is 5.78 Å². The predicted octanol–water partition coefficient (Wildman–Crippen LogP) is 4.88. The summed E-state index contributed by atoms with van der Waals surface area (Å²) >= 11 is 7.03. The van der Waals surface area contributed by atoms with Crippen molar-refractivity contribution in [3.05, 3.63) is 110 Å². The largest absolute Gasteiger partial charge is 0.423 e. The Morgan fingerprint density at radius 2 is 1.17 bits per heavy atom. The van der Waals surface area contributed by atoms with Gasteiger partial charge in [0, 0.05) is 45.0 Å². The van der Waals surface area contributed by atoms with Crippen LogP contribution in [0.5, 0.6) is 5.75 Å². The van der Waals surface area contributed by atoms with Crippen molar-refractivity contribution in [3.8, 4) is 5.75 Å². The minimum absolute atomic E-state index is 0.0568. The molecule has 2 aliphatic rings. The SMILES string of the molecule is O=C(CN(C(=O)c1ccc([N+](=O)[O-])cc1)N1C(=O)[C@H]2C[C@H](Br)[C@@H](Br)C[C@H]2C1=O)c1ccc(OC(=O)c2ccc([N+](=O)[O-])cc2)cc1. The van der Waals surface area contributed by atoms with Crippen LogP contribution in [0.1, 0.15) is 43.9 Å². The van der Waals surface area contributed by atoms with E-state index < -0.39 is 57.7 Å². The number of nitrogens with zero attached hydrogens (tertiary/aromatic N) is 4. The van der Waals surface area contributed by atoms with Crippen molar-refractivity contribution in [2.24, 2.45) is 11.8 Å². The summed E-state index contributed by atoms with van der Waals surface area (Å²) in [4.78, 5) is 87.2. The first-order valence-electron chi connectivity index (χ1n) is 13.7. The van der Waals surface area contributed by atoms with Crippen LogP contribution in [0.2, 0.25) is 0 Å². The number of carbonyl (C=O) groups excluding carboxylic acids is 5. The molecule has 1 aliphatic heterocycles. The number of non-ortho nitro benzene ring substituents is 2. The van der Waals surface area contributed by atoms with E-state index in [4.69, 9.17) is 4.74 Å². The lowest BCUT2D eigenvalue weighted by Gasteiger charge is -2.30. The van der Waals surface area contributed by atoms with E-state index in [1.54, 1.807) is 0 Å². The average molecular weight is 758 g/mol. The maximum atomic E-state index is 13.7. The van der Waals surface area contributed by atoms with E-state index in [0.717, 1.165) is 29.3 Å². The van der Waals surface area contributed by atoms with Crippen molar-refractivity contribution >= 4 is 72.7 Å². The van der Waals surface area contributed by atoms with Gasteiger partial charge in [0.05, 0.1) is 27.2 Å². The lowest BCUT2D eigenvalue weighted by molar-refractivity contribution is -0.385. The average Bonchev–Trinajstić information content (AvgIpc) is 3.27. The highest BCUT2D eigenvalue weighted by Gasteiger charge is 2.54. The lowest BCUT2D eigenvalue weighted by atomic mass is 9.81. The van der Waals surface area contributed by atoms with Crippen molar-refractivity contribution in [3.63, 3.8) is 0 Å². The molecule has 3 amide bonds. The van der Waals surface area contributed by atoms with E-state index in [9.17, 15) is 44.2 Å². The summed E-state index contributed by atoms with van der Waals surface area (Å²) in [6, 6.07) is 14.6. The maximum absolute atomic E-state index is 13.7. The first-order valence-corrected chi connectivity index (χ1v) is 15.5. The number of esters is 1. The van der Waals surface area contributed by atoms with Crippen LogP contribution in [0.15, 0.2) is 72.8 Å². The Bertz CT molecular complexity index is 1720. The molecule has 0 N–H and O–H groups in total. The van der Waals surface area contributed by atoms with Gasteiger partial charge >= 0.3 is 5.97 Å². The Kier molecular flexibility index (Phi) is 9.39. The van der Waals surface area contributed by atoms with Crippen LogP contribution < -0.4 is 4.74 Å². The molecule has 16 heteroatoms. The van der Waals surface area contributed by atoms with E-state index in [1.165, 1.54) is 48.5 Å². The van der Waals surface area contributed by atoms with Gasteiger partial charge < -0.3 is 4.74 Å². The van der Waals surface area contributed by atoms with Crippen molar-refractivity contribution in [2.45, 2.75) is 22.5 Å². The minimum atomic E-state index is -0.886. The van der Waals surface area contributed by atoms with E-state index in [1.807, 2.05) is 0 Å². The molecular formula is C30H22Br2N4O10. The van der Waals surface area contributed by atoms with Crippen molar-refractivity contribution in [1.29, 1.82) is 0 Å². The van der Waals surface area contributed by atoms with Crippen molar-refractivity contribution < 1.29 is 38.6 Å². The fourth-order valence-electron chi connectivity index (χ4n) is 5.25. The van der Waals surface area contributed by atoms with Gasteiger partial charge in [-0.1, -0.05) is 31.9 Å². The molecule has 1 heterocycles. The van der Waals surface area contributed by atoms with Crippen molar-refractivity contribution in [2.75, 3.05) is 6.54 Å². The Morgan fingerprint density at radius 1 is 0.739 bits per heavy atom. The molecule has 0 aromatic heterocycles. The van der Waals surface area contributed by atoms with Gasteiger partial charge in [-0.25, -0.2) is 9.80 Å². The summed E-state index contributed by atoms with van der Waals surface area (Å²) in [5, 5.41) is 23.4. The summed E-state index contributed by atoms with van der Waals surface area (Å²) in [5.41, 5.74) is -0.437. The number of carbonyl (C=O) groups is 5. The standard InChI is InChI=1S/C30H22Br2N4O10/c31-24-13-22-23(14-25(24)32)29(40)34(28(22)39)33(27(38)17-1-7-19(8-2-17)35(42)43)15-26(37)16-5-11-21(12-6-16)46-30(41)18-3-9-20(10-4-18)36(44)45/h1-12,22-25H,13-15H2/t22-,23+,24-,25-/m0/s1. The number of ether oxygens (including phenoxy) is 1. The molecule has 0 bridgehead atoms. The van der Waals surface area contributed by atoms with E-state index in [0.29, 0.717) is 17.9 Å². The topological polar surface area (TPSA) is 187 Å². The normalized spacial score (nSPS) is 20.5. The summed E-state index contributed by atoms with van der Waals surface area (Å²) in [5.74, 6) is -4.96. The molecule has 1 saturated carbocycles. The second-order valence-corrected chi connectivity index (χ2v) is 12.9. The first kappa shape index (κ1) is 32.6. The Morgan fingerprint density at radius 3 is 1.63 bits per heavy atom. The monoisotopic (exact) mass is 756 g/mol. The fourth-order valence-corrected chi connectivity index (χ4v) is 6.48. The van der Waals surface area contributed by atoms with Crippen LogP contribution in [0.3, 0.4) is 0 Å². The molecule has 3 aromatic rings. The first-order chi connectivity index (χ1) is 21.8. The highest BCUT2D eigenvalue weighted by Crippen LogP contribution is 2.43. The van der Waals surface area contributed by atoms with E-state index in [2.05, 4.69) is 31.9 Å². The van der Waals surface area contributed by atoms with Crippen LogP contribution in [0.4, 0.5) is 11.4 Å².